The second kappa shape index (κ2) is 10.4. The summed E-state index contributed by atoms with van der Waals surface area (Å²) in [5, 5.41) is 1.01. The quantitative estimate of drug-likeness (QED) is 0.263. The fourth-order valence-corrected chi connectivity index (χ4v) is 4.72. The van der Waals surface area contributed by atoms with Gasteiger partial charge in [-0.2, -0.15) is 0 Å². The van der Waals surface area contributed by atoms with Crippen LogP contribution >= 0.6 is 0 Å². The number of hydrogen-bond acceptors (Lipinski definition) is 3. The highest BCUT2D eigenvalue weighted by molar-refractivity contribution is 5.89. The summed E-state index contributed by atoms with van der Waals surface area (Å²) in [6.45, 7) is 0.230. The molecule has 1 heterocycles. The number of nitrogens with zero attached hydrogens (tertiary/aromatic N) is 1. The van der Waals surface area contributed by atoms with Crippen molar-refractivity contribution >= 4 is 16.9 Å². The van der Waals surface area contributed by atoms with Gasteiger partial charge < -0.3 is 9.72 Å². The number of ether oxygens (including phenoxy) is 1. The average molecular weight is 461 g/mol. The number of carbonyl (C=O) groups is 1. The molecule has 0 saturated carbocycles. The Balaban J connectivity index is 1.57. The predicted molar refractivity (Wildman–Crippen MR) is 140 cm³/mol. The smallest absolute Gasteiger partial charge is 0.328 e. The van der Waals surface area contributed by atoms with Gasteiger partial charge in [0.15, 0.2) is 0 Å². The van der Waals surface area contributed by atoms with E-state index in [1.54, 1.807) is 0 Å². The van der Waals surface area contributed by atoms with Crippen LogP contribution in [0.15, 0.2) is 121 Å². The van der Waals surface area contributed by atoms with Crippen molar-refractivity contribution in [2.45, 2.75) is 18.7 Å². The maximum absolute atomic E-state index is 13.8. The highest BCUT2D eigenvalue weighted by Gasteiger charge is 2.34. The van der Waals surface area contributed by atoms with Crippen LogP contribution in [0.5, 0.6) is 0 Å². The molecule has 5 rings (SSSR count). The van der Waals surface area contributed by atoms with E-state index in [4.69, 9.17) is 4.74 Å². The Labute approximate surface area is 205 Å². The maximum atomic E-state index is 13.8. The van der Waals surface area contributed by atoms with Gasteiger partial charge in [-0.05, 0) is 29.8 Å². The van der Waals surface area contributed by atoms with Gasteiger partial charge in [0, 0.05) is 22.7 Å². The van der Waals surface area contributed by atoms with Gasteiger partial charge in [0.1, 0.15) is 12.6 Å². The molecule has 0 spiro atoms. The number of aromatic nitrogens is 1. The summed E-state index contributed by atoms with van der Waals surface area (Å²) in [6, 6.07) is 37.7. The van der Waals surface area contributed by atoms with Crippen LogP contribution in [0.25, 0.3) is 10.9 Å². The van der Waals surface area contributed by atoms with E-state index in [1.807, 2.05) is 104 Å². The van der Waals surface area contributed by atoms with E-state index in [0.717, 1.165) is 33.2 Å². The van der Waals surface area contributed by atoms with Crippen molar-refractivity contribution in [2.75, 3.05) is 7.05 Å². The molecule has 1 atom stereocenters. The van der Waals surface area contributed by atoms with Crippen molar-refractivity contribution in [1.29, 1.82) is 0 Å². The lowest BCUT2D eigenvalue weighted by Crippen LogP contribution is -2.35. The second-order valence-electron chi connectivity index (χ2n) is 8.67. The molecule has 4 aromatic carbocycles. The van der Waals surface area contributed by atoms with Gasteiger partial charge >= 0.3 is 5.97 Å². The number of carbonyl (C=O) groups excluding carboxylic acids is 1. The highest BCUT2D eigenvalue weighted by atomic mass is 16.5. The molecule has 4 nitrogen and oxygen atoms in total. The number of benzene rings is 4. The Morgan fingerprint density at radius 2 is 1.31 bits per heavy atom. The standard InChI is InChI=1S/C31H28N2O2/c1-33(29(24-15-7-3-8-16-24)25-17-9-4-10-18-25)30(27-21-32-28-20-12-11-19-26(27)28)31(34)35-22-23-13-5-2-6-14-23/h2-21,29-30,32H,22H2,1H3/t30-/m0/s1. The summed E-state index contributed by atoms with van der Waals surface area (Å²) in [6.07, 6.45) is 1.93. The number of rotatable bonds is 8. The van der Waals surface area contributed by atoms with E-state index in [-0.39, 0.29) is 18.6 Å². The molecule has 0 aliphatic carbocycles. The van der Waals surface area contributed by atoms with E-state index >= 15 is 0 Å². The number of para-hydroxylation sites is 1. The van der Waals surface area contributed by atoms with Gasteiger partial charge in [0.2, 0.25) is 0 Å². The van der Waals surface area contributed by atoms with Crippen LogP contribution in [0.3, 0.4) is 0 Å². The second-order valence-corrected chi connectivity index (χ2v) is 8.67. The Morgan fingerprint density at radius 1 is 0.771 bits per heavy atom. The lowest BCUT2D eigenvalue weighted by atomic mass is 9.94. The number of H-pyrrole nitrogens is 1. The predicted octanol–water partition coefficient (Wildman–Crippen LogP) is 6.67. The summed E-state index contributed by atoms with van der Waals surface area (Å²) in [7, 11) is 2.00. The van der Waals surface area contributed by atoms with E-state index in [1.165, 1.54) is 0 Å². The van der Waals surface area contributed by atoms with Crippen LogP contribution in [-0.4, -0.2) is 22.9 Å². The summed E-state index contributed by atoms with van der Waals surface area (Å²) in [4.78, 5) is 19.2. The summed E-state index contributed by atoms with van der Waals surface area (Å²) < 4.78 is 5.91. The number of fused-ring (bicyclic) bond motifs is 1. The topological polar surface area (TPSA) is 45.3 Å². The molecule has 1 N–H and O–H groups in total. The Bertz CT molecular complexity index is 1340. The molecule has 1 aromatic heterocycles. The van der Waals surface area contributed by atoms with E-state index < -0.39 is 6.04 Å². The zero-order valence-electron chi connectivity index (χ0n) is 19.7. The van der Waals surface area contributed by atoms with Crippen LogP contribution in [0, 0.1) is 0 Å². The Hall–Kier alpha value is -4.15. The van der Waals surface area contributed by atoms with Crippen molar-refractivity contribution in [3.8, 4) is 0 Å². The first kappa shape index (κ1) is 22.6. The van der Waals surface area contributed by atoms with Gasteiger partial charge in [0.25, 0.3) is 0 Å². The van der Waals surface area contributed by atoms with Crippen LogP contribution in [0.4, 0.5) is 0 Å². The number of nitrogens with one attached hydrogen (secondary N) is 1. The SMILES string of the molecule is CN(C(c1ccccc1)c1ccccc1)[C@H](C(=O)OCc1ccccc1)c1c[nH]c2ccccc12. The molecule has 35 heavy (non-hydrogen) atoms. The molecule has 174 valence electrons. The minimum atomic E-state index is -0.611. The number of hydrogen-bond donors (Lipinski definition) is 1. The van der Waals surface area contributed by atoms with Gasteiger partial charge in [-0.25, -0.2) is 4.79 Å². The van der Waals surface area contributed by atoms with Gasteiger partial charge in [-0.3, -0.25) is 4.90 Å². The lowest BCUT2D eigenvalue weighted by molar-refractivity contribution is -0.152. The Morgan fingerprint density at radius 3 is 1.94 bits per heavy atom. The van der Waals surface area contributed by atoms with Crippen LogP contribution in [-0.2, 0) is 16.1 Å². The zero-order valence-corrected chi connectivity index (χ0v) is 19.7. The molecular weight excluding hydrogens is 432 g/mol. The first-order valence-corrected chi connectivity index (χ1v) is 11.8. The van der Waals surface area contributed by atoms with Crippen molar-refractivity contribution in [2.24, 2.45) is 0 Å². The molecule has 0 bridgehead atoms. The van der Waals surface area contributed by atoms with Crippen molar-refractivity contribution in [3.63, 3.8) is 0 Å². The minimum Gasteiger partial charge on any atom is -0.459 e. The normalized spacial score (nSPS) is 12.2. The monoisotopic (exact) mass is 460 g/mol. The number of esters is 1. The third kappa shape index (κ3) is 4.88. The average Bonchev–Trinajstić information content (AvgIpc) is 3.33. The molecule has 4 heteroatoms. The largest absolute Gasteiger partial charge is 0.459 e. The van der Waals surface area contributed by atoms with Gasteiger partial charge in [0.05, 0.1) is 6.04 Å². The Kier molecular flexibility index (Phi) is 6.73. The van der Waals surface area contributed by atoms with E-state index in [2.05, 4.69) is 34.1 Å². The van der Waals surface area contributed by atoms with Crippen molar-refractivity contribution in [3.05, 3.63) is 144 Å². The molecule has 0 aliphatic heterocycles. The van der Waals surface area contributed by atoms with E-state index in [0.29, 0.717) is 0 Å². The molecule has 5 aromatic rings. The molecule has 0 radical (unpaired) electrons. The fourth-order valence-electron chi connectivity index (χ4n) is 4.72. The highest BCUT2D eigenvalue weighted by Crippen LogP contribution is 2.37. The fraction of sp³-hybridized carbons (Fsp3) is 0.129. The zero-order chi connectivity index (χ0) is 24.0. The minimum absolute atomic E-state index is 0.139. The van der Waals surface area contributed by atoms with Crippen LogP contribution in [0.1, 0.15) is 34.3 Å². The molecule has 0 aliphatic rings. The molecular formula is C31H28N2O2. The van der Waals surface area contributed by atoms with Gasteiger partial charge in [-0.1, -0.05) is 109 Å². The van der Waals surface area contributed by atoms with Gasteiger partial charge in [-0.15, -0.1) is 0 Å². The van der Waals surface area contributed by atoms with Crippen molar-refractivity contribution < 1.29 is 9.53 Å². The summed E-state index contributed by atoms with van der Waals surface area (Å²) in [5.41, 5.74) is 5.08. The third-order valence-electron chi connectivity index (χ3n) is 6.41. The first-order valence-electron chi connectivity index (χ1n) is 11.8. The molecule has 0 fully saturated rings. The van der Waals surface area contributed by atoms with Crippen molar-refractivity contribution in [1.82, 2.24) is 9.88 Å². The summed E-state index contributed by atoms with van der Waals surface area (Å²) >= 11 is 0. The van der Waals surface area contributed by atoms with E-state index in [9.17, 15) is 4.79 Å². The first-order chi connectivity index (χ1) is 17.2. The molecule has 0 saturated heterocycles. The number of likely N-dealkylation sites (N-methyl/N-ethyl adjacent to an activating group) is 1. The molecule has 0 amide bonds. The van der Waals surface area contributed by atoms with Crippen LogP contribution in [0.2, 0.25) is 0 Å². The lowest BCUT2D eigenvalue weighted by Gasteiger charge is -2.34. The third-order valence-corrected chi connectivity index (χ3v) is 6.41. The number of aromatic amines is 1. The van der Waals surface area contributed by atoms with Crippen LogP contribution < -0.4 is 0 Å². The summed E-state index contributed by atoms with van der Waals surface area (Å²) in [5.74, 6) is -0.280. The maximum Gasteiger partial charge on any atom is 0.328 e. The molecule has 0 unspecified atom stereocenters.